The topological polar surface area (TPSA) is 56.7 Å². The highest BCUT2D eigenvalue weighted by Crippen LogP contribution is 2.13. The highest BCUT2D eigenvalue weighted by molar-refractivity contribution is 14.0. The zero-order valence-corrected chi connectivity index (χ0v) is 18.5. The number of guanidine groups is 1. The van der Waals surface area contributed by atoms with Gasteiger partial charge in [0.25, 0.3) is 0 Å². The number of aliphatic imine (C=N–C) groups is 1. The molecule has 0 saturated carbocycles. The number of anilines is 1. The van der Waals surface area contributed by atoms with Crippen LogP contribution in [0.1, 0.15) is 16.8 Å². The van der Waals surface area contributed by atoms with E-state index in [0.717, 1.165) is 62.5 Å². The first kappa shape index (κ1) is 20.9. The Labute approximate surface area is 176 Å². The number of hydrogen-bond donors (Lipinski definition) is 1. The van der Waals surface area contributed by atoms with Gasteiger partial charge in [-0.15, -0.1) is 35.3 Å². The molecule has 142 valence electrons. The van der Waals surface area contributed by atoms with Crippen molar-refractivity contribution in [3.05, 3.63) is 40.5 Å². The number of piperazine rings is 1. The van der Waals surface area contributed by atoms with Gasteiger partial charge in [-0.25, -0.2) is 9.97 Å². The maximum Gasteiger partial charge on any atom is 0.194 e. The van der Waals surface area contributed by atoms with E-state index in [9.17, 15) is 0 Å². The van der Waals surface area contributed by atoms with Gasteiger partial charge in [0.15, 0.2) is 5.96 Å². The molecule has 0 aliphatic carbocycles. The molecule has 0 spiro atoms. The van der Waals surface area contributed by atoms with Crippen LogP contribution in [0, 0.1) is 6.92 Å². The molecule has 1 saturated heterocycles. The van der Waals surface area contributed by atoms with Crippen molar-refractivity contribution in [2.24, 2.45) is 4.99 Å². The number of pyridine rings is 1. The third-order valence-corrected chi connectivity index (χ3v) is 5.12. The fraction of sp³-hybridized carbons (Fsp3) is 0.500. The SMILES string of the molecule is CCNC(=NCCc1ncc(C)s1)N1CCN(c2ccccn2)CC1.I. The van der Waals surface area contributed by atoms with Gasteiger partial charge < -0.3 is 15.1 Å². The monoisotopic (exact) mass is 486 g/mol. The maximum atomic E-state index is 4.80. The lowest BCUT2D eigenvalue weighted by Gasteiger charge is -2.37. The number of hydrogen-bond acceptors (Lipinski definition) is 5. The van der Waals surface area contributed by atoms with Crippen LogP contribution in [-0.4, -0.2) is 60.1 Å². The molecule has 0 radical (unpaired) electrons. The van der Waals surface area contributed by atoms with E-state index in [1.165, 1.54) is 4.88 Å². The molecule has 26 heavy (non-hydrogen) atoms. The van der Waals surface area contributed by atoms with Gasteiger partial charge >= 0.3 is 0 Å². The number of aryl methyl sites for hydroxylation is 1. The van der Waals surface area contributed by atoms with E-state index in [1.807, 2.05) is 24.5 Å². The molecule has 2 aromatic heterocycles. The summed E-state index contributed by atoms with van der Waals surface area (Å²) in [5.41, 5.74) is 0. The van der Waals surface area contributed by atoms with E-state index >= 15 is 0 Å². The predicted octanol–water partition coefficient (Wildman–Crippen LogP) is 2.79. The maximum absolute atomic E-state index is 4.80. The van der Waals surface area contributed by atoms with Crippen molar-refractivity contribution in [2.75, 3.05) is 44.2 Å². The summed E-state index contributed by atoms with van der Waals surface area (Å²) in [5, 5.41) is 4.59. The molecular formula is C18H27IN6S. The van der Waals surface area contributed by atoms with Gasteiger partial charge in [0.2, 0.25) is 0 Å². The van der Waals surface area contributed by atoms with Crippen LogP contribution in [0.3, 0.4) is 0 Å². The molecule has 3 rings (SSSR count). The van der Waals surface area contributed by atoms with Crippen LogP contribution in [0.5, 0.6) is 0 Å². The lowest BCUT2D eigenvalue weighted by molar-refractivity contribution is 0.371. The normalized spacial score (nSPS) is 14.9. The minimum Gasteiger partial charge on any atom is -0.357 e. The van der Waals surface area contributed by atoms with Gasteiger partial charge in [-0.2, -0.15) is 0 Å². The first-order valence-electron chi connectivity index (χ1n) is 8.87. The number of aromatic nitrogens is 2. The molecule has 1 fully saturated rings. The van der Waals surface area contributed by atoms with Gasteiger partial charge in [0.05, 0.1) is 5.01 Å². The first-order chi connectivity index (χ1) is 12.3. The Bertz CT molecular complexity index is 682. The van der Waals surface area contributed by atoms with E-state index in [4.69, 9.17) is 4.99 Å². The number of halogens is 1. The van der Waals surface area contributed by atoms with Crippen molar-refractivity contribution < 1.29 is 0 Å². The highest BCUT2D eigenvalue weighted by atomic mass is 127. The van der Waals surface area contributed by atoms with Crippen molar-refractivity contribution in [3.63, 3.8) is 0 Å². The van der Waals surface area contributed by atoms with Crippen LogP contribution in [0.15, 0.2) is 35.6 Å². The summed E-state index contributed by atoms with van der Waals surface area (Å²) in [6.45, 7) is 9.71. The highest BCUT2D eigenvalue weighted by Gasteiger charge is 2.20. The lowest BCUT2D eigenvalue weighted by atomic mass is 10.3. The van der Waals surface area contributed by atoms with Crippen molar-refractivity contribution in [1.29, 1.82) is 0 Å². The molecule has 0 bridgehead atoms. The van der Waals surface area contributed by atoms with E-state index in [0.29, 0.717) is 0 Å². The third kappa shape index (κ3) is 5.80. The number of nitrogens with zero attached hydrogens (tertiary/aromatic N) is 5. The largest absolute Gasteiger partial charge is 0.357 e. The summed E-state index contributed by atoms with van der Waals surface area (Å²) in [7, 11) is 0. The van der Waals surface area contributed by atoms with Crippen LogP contribution in [0.4, 0.5) is 5.82 Å². The molecule has 0 aromatic carbocycles. The van der Waals surface area contributed by atoms with Crippen molar-refractivity contribution in [3.8, 4) is 0 Å². The molecule has 0 unspecified atom stereocenters. The Hall–Kier alpha value is -1.42. The fourth-order valence-corrected chi connectivity index (χ4v) is 3.66. The van der Waals surface area contributed by atoms with Crippen molar-refractivity contribution in [2.45, 2.75) is 20.3 Å². The number of rotatable bonds is 5. The zero-order chi connectivity index (χ0) is 17.5. The van der Waals surface area contributed by atoms with Crippen LogP contribution in [0.2, 0.25) is 0 Å². The second-order valence-electron chi connectivity index (χ2n) is 6.01. The Morgan fingerprint density at radius 2 is 2.04 bits per heavy atom. The molecule has 1 aliphatic rings. The summed E-state index contributed by atoms with van der Waals surface area (Å²) in [6, 6.07) is 6.07. The van der Waals surface area contributed by atoms with Crippen molar-refractivity contribution >= 4 is 47.1 Å². The van der Waals surface area contributed by atoms with Gasteiger partial charge in [-0.1, -0.05) is 6.07 Å². The molecule has 3 heterocycles. The molecule has 6 nitrogen and oxygen atoms in total. The van der Waals surface area contributed by atoms with Crippen LogP contribution in [-0.2, 0) is 6.42 Å². The Kier molecular flexibility index (Phi) is 8.56. The van der Waals surface area contributed by atoms with E-state index in [2.05, 4.69) is 45.0 Å². The van der Waals surface area contributed by atoms with Gasteiger partial charge in [0, 0.05) is 63.0 Å². The minimum atomic E-state index is 0. The predicted molar refractivity (Wildman–Crippen MR) is 120 cm³/mol. The van der Waals surface area contributed by atoms with Crippen LogP contribution < -0.4 is 10.2 Å². The standard InChI is InChI=1S/C18H26N6S.HI/c1-3-19-18(21-9-7-17-22-14-15(2)25-17)24-12-10-23(11-13-24)16-6-4-5-8-20-16;/h4-6,8,14H,3,7,9-13H2,1-2H3,(H,19,21);1H. The van der Waals surface area contributed by atoms with Crippen LogP contribution in [0.25, 0.3) is 0 Å². The number of thiazole rings is 1. The summed E-state index contributed by atoms with van der Waals surface area (Å²) in [4.78, 5) is 19.6. The summed E-state index contributed by atoms with van der Waals surface area (Å²) >= 11 is 1.76. The average Bonchev–Trinajstić information content (AvgIpc) is 3.07. The smallest absolute Gasteiger partial charge is 0.194 e. The Morgan fingerprint density at radius 3 is 2.65 bits per heavy atom. The quantitative estimate of drug-likeness (QED) is 0.400. The minimum absolute atomic E-state index is 0. The van der Waals surface area contributed by atoms with Gasteiger partial charge in [-0.3, -0.25) is 4.99 Å². The first-order valence-corrected chi connectivity index (χ1v) is 9.68. The third-order valence-electron chi connectivity index (χ3n) is 4.14. The Balaban J connectivity index is 0.00000243. The van der Waals surface area contributed by atoms with Gasteiger partial charge in [0.1, 0.15) is 5.82 Å². The molecule has 8 heteroatoms. The fourth-order valence-electron chi connectivity index (χ4n) is 2.89. The van der Waals surface area contributed by atoms with Gasteiger partial charge in [-0.05, 0) is 26.0 Å². The van der Waals surface area contributed by atoms with E-state index < -0.39 is 0 Å². The van der Waals surface area contributed by atoms with E-state index in [-0.39, 0.29) is 24.0 Å². The summed E-state index contributed by atoms with van der Waals surface area (Å²) in [6.07, 6.45) is 4.70. The Morgan fingerprint density at radius 1 is 1.23 bits per heavy atom. The number of nitrogens with one attached hydrogen (secondary N) is 1. The molecular weight excluding hydrogens is 459 g/mol. The molecule has 1 aliphatic heterocycles. The average molecular weight is 486 g/mol. The second-order valence-corrected chi connectivity index (χ2v) is 7.33. The zero-order valence-electron chi connectivity index (χ0n) is 15.4. The molecule has 0 atom stereocenters. The van der Waals surface area contributed by atoms with Crippen molar-refractivity contribution in [1.82, 2.24) is 20.2 Å². The van der Waals surface area contributed by atoms with E-state index in [1.54, 1.807) is 11.3 Å². The molecule has 2 aromatic rings. The van der Waals surface area contributed by atoms with Crippen LogP contribution >= 0.6 is 35.3 Å². The molecule has 1 N–H and O–H groups in total. The lowest BCUT2D eigenvalue weighted by Crippen LogP contribution is -2.52. The summed E-state index contributed by atoms with van der Waals surface area (Å²) in [5.74, 6) is 2.07. The molecule has 0 amide bonds. The second kappa shape index (κ2) is 10.7. The summed E-state index contributed by atoms with van der Waals surface area (Å²) < 4.78 is 0.